The summed E-state index contributed by atoms with van der Waals surface area (Å²) in [5, 5.41) is 0. The Kier molecular flexibility index (Phi) is 4.41. The smallest absolute Gasteiger partial charge is 0.293 e. The minimum atomic E-state index is -4.39. The van der Waals surface area contributed by atoms with E-state index in [-0.39, 0.29) is 17.1 Å². The van der Waals surface area contributed by atoms with Crippen molar-refractivity contribution in [2.45, 2.75) is 13.1 Å². The Bertz CT molecular complexity index is 374. The number of hydrogen-bond acceptors (Lipinski definition) is 2. The average molecular weight is 248 g/mol. The summed E-state index contributed by atoms with van der Waals surface area (Å²) in [5.74, 6) is 0.723. The van der Waals surface area contributed by atoms with Crippen molar-refractivity contribution in [2.75, 3.05) is 11.5 Å². The molecule has 0 saturated carbocycles. The van der Waals surface area contributed by atoms with Gasteiger partial charge in [-0.2, -0.15) is 24.9 Å². The first-order chi connectivity index (χ1) is 7.45. The molecule has 0 heterocycles. The lowest BCUT2D eigenvalue weighted by Gasteiger charge is -2.07. The molecule has 1 aromatic carbocycles. The molecule has 0 aliphatic heterocycles. The fourth-order valence-corrected chi connectivity index (χ4v) is 1.70. The number of carbonyl (C=O) groups is 1. The zero-order chi connectivity index (χ0) is 12.2. The summed E-state index contributed by atoms with van der Waals surface area (Å²) >= 11 is 1.39. The van der Waals surface area contributed by atoms with Crippen molar-refractivity contribution in [1.29, 1.82) is 0 Å². The molecule has 5 heteroatoms. The molecule has 16 heavy (non-hydrogen) atoms. The zero-order valence-electron chi connectivity index (χ0n) is 8.67. The van der Waals surface area contributed by atoms with Gasteiger partial charge in [0.25, 0.3) is 0 Å². The Labute approximate surface area is 96.0 Å². The fourth-order valence-electron chi connectivity index (χ4n) is 1.15. The van der Waals surface area contributed by atoms with Crippen LogP contribution in [0, 0.1) is 0 Å². The number of alkyl halides is 3. The van der Waals surface area contributed by atoms with Crippen LogP contribution >= 0.6 is 11.8 Å². The van der Waals surface area contributed by atoms with Gasteiger partial charge in [-0.15, -0.1) is 0 Å². The van der Waals surface area contributed by atoms with Crippen molar-refractivity contribution in [3.63, 3.8) is 0 Å². The number of halogens is 3. The molecule has 0 saturated heterocycles. The van der Waals surface area contributed by atoms with Crippen LogP contribution in [0.1, 0.15) is 22.8 Å². The number of benzene rings is 1. The first-order valence-corrected chi connectivity index (χ1v) is 5.89. The Morgan fingerprint density at radius 3 is 2.62 bits per heavy atom. The summed E-state index contributed by atoms with van der Waals surface area (Å²) in [4.78, 5) is 11.5. The molecule has 0 atom stereocenters. The van der Waals surface area contributed by atoms with E-state index in [4.69, 9.17) is 0 Å². The van der Waals surface area contributed by atoms with Crippen molar-refractivity contribution < 1.29 is 18.0 Å². The molecule has 0 radical (unpaired) electrons. The van der Waals surface area contributed by atoms with E-state index in [1.807, 2.05) is 6.92 Å². The summed E-state index contributed by atoms with van der Waals surface area (Å²) in [6.07, 6.45) is -4.39. The summed E-state index contributed by atoms with van der Waals surface area (Å²) in [7, 11) is 0. The number of hydrogen-bond donors (Lipinski definition) is 0. The van der Waals surface area contributed by atoms with Crippen LogP contribution in [0.3, 0.4) is 0 Å². The van der Waals surface area contributed by atoms with Crippen molar-refractivity contribution in [3.8, 4) is 0 Å². The molecular formula is C11H11F3OS. The van der Waals surface area contributed by atoms with Crippen LogP contribution in [0.5, 0.6) is 0 Å². The third-order valence-electron chi connectivity index (χ3n) is 1.95. The highest BCUT2D eigenvalue weighted by molar-refractivity contribution is 7.99. The third-order valence-corrected chi connectivity index (χ3v) is 2.82. The maximum atomic E-state index is 12.4. The second-order valence-corrected chi connectivity index (χ2v) is 4.41. The van der Waals surface area contributed by atoms with Gasteiger partial charge < -0.3 is 0 Å². The van der Waals surface area contributed by atoms with E-state index in [1.165, 1.54) is 23.9 Å². The average Bonchev–Trinajstić information content (AvgIpc) is 2.25. The number of carbonyl (C=O) groups excluding carboxylic acids is 1. The van der Waals surface area contributed by atoms with Crippen LogP contribution < -0.4 is 0 Å². The second kappa shape index (κ2) is 5.39. The quantitative estimate of drug-likeness (QED) is 0.757. The first-order valence-electron chi connectivity index (χ1n) is 4.73. The van der Waals surface area contributed by atoms with E-state index >= 15 is 0 Å². The van der Waals surface area contributed by atoms with Crippen molar-refractivity contribution in [2.24, 2.45) is 0 Å². The van der Waals surface area contributed by atoms with E-state index in [0.29, 0.717) is 0 Å². The molecule has 1 aromatic rings. The lowest BCUT2D eigenvalue weighted by atomic mass is 10.1. The van der Waals surface area contributed by atoms with Crippen LogP contribution in [0.4, 0.5) is 13.2 Å². The Hall–Kier alpha value is -0.970. The number of rotatable bonds is 4. The molecule has 1 rings (SSSR count). The molecule has 0 bridgehead atoms. The molecule has 0 aromatic heterocycles. The number of Topliss-reactive ketones (excluding diaryl/α,β-unsaturated/α-hetero) is 1. The van der Waals surface area contributed by atoms with Gasteiger partial charge in [-0.25, -0.2) is 0 Å². The molecule has 0 N–H and O–H groups in total. The topological polar surface area (TPSA) is 17.1 Å². The minimum Gasteiger partial charge on any atom is -0.293 e. The fraction of sp³-hybridized carbons (Fsp3) is 0.364. The Morgan fingerprint density at radius 1 is 1.38 bits per heavy atom. The second-order valence-electron chi connectivity index (χ2n) is 3.14. The molecule has 0 aliphatic rings. The normalized spacial score (nSPS) is 11.5. The largest absolute Gasteiger partial charge is 0.416 e. The van der Waals surface area contributed by atoms with Crippen molar-refractivity contribution in [1.82, 2.24) is 0 Å². The van der Waals surface area contributed by atoms with Gasteiger partial charge in [-0.05, 0) is 17.9 Å². The van der Waals surface area contributed by atoms with Gasteiger partial charge in [-0.1, -0.05) is 19.1 Å². The highest BCUT2D eigenvalue weighted by atomic mass is 32.2. The highest BCUT2D eigenvalue weighted by Crippen LogP contribution is 2.29. The van der Waals surface area contributed by atoms with Crippen LogP contribution in [-0.2, 0) is 6.18 Å². The summed E-state index contributed by atoms with van der Waals surface area (Å²) in [5.41, 5.74) is -0.657. The van der Waals surface area contributed by atoms with Crippen molar-refractivity contribution >= 4 is 17.5 Å². The first kappa shape index (κ1) is 13.1. The molecule has 88 valence electrons. The minimum absolute atomic E-state index is 0.121. The molecule has 1 nitrogen and oxygen atoms in total. The van der Waals surface area contributed by atoms with Crippen LogP contribution in [0.2, 0.25) is 0 Å². The molecular weight excluding hydrogens is 237 g/mol. The molecule has 0 aliphatic carbocycles. The van der Waals surface area contributed by atoms with Crippen LogP contribution in [0.25, 0.3) is 0 Å². The van der Waals surface area contributed by atoms with Gasteiger partial charge in [0.1, 0.15) is 0 Å². The van der Waals surface area contributed by atoms with Gasteiger partial charge in [0, 0.05) is 5.56 Å². The molecule has 0 amide bonds. The Balaban J connectivity index is 2.86. The van der Waals surface area contributed by atoms with Crippen LogP contribution in [-0.4, -0.2) is 17.3 Å². The van der Waals surface area contributed by atoms with Gasteiger partial charge >= 0.3 is 6.18 Å². The highest BCUT2D eigenvalue weighted by Gasteiger charge is 2.30. The van der Waals surface area contributed by atoms with Gasteiger partial charge in [0.15, 0.2) is 5.78 Å². The number of thioether (sulfide) groups is 1. The maximum absolute atomic E-state index is 12.4. The standard InChI is InChI=1S/C11H11F3OS/c1-2-16-7-10(15)8-4-3-5-9(6-8)11(12,13)14/h3-6H,2,7H2,1H3. The summed E-state index contributed by atoms with van der Waals surface area (Å²) < 4.78 is 37.1. The van der Waals surface area contributed by atoms with Crippen molar-refractivity contribution in [3.05, 3.63) is 35.4 Å². The van der Waals surface area contributed by atoms with Gasteiger partial charge in [-0.3, -0.25) is 4.79 Å². The zero-order valence-corrected chi connectivity index (χ0v) is 9.49. The predicted molar refractivity (Wildman–Crippen MR) is 58.8 cm³/mol. The monoisotopic (exact) mass is 248 g/mol. The van der Waals surface area contributed by atoms with Gasteiger partial charge in [0.2, 0.25) is 0 Å². The molecule has 0 fully saturated rings. The summed E-state index contributed by atoms with van der Waals surface area (Å²) in [6, 6.07) is 4.53. The maximum Gasteiger partial charge on any atom is 0.416 e. The van der Waals surface area contributed by atoms with E-state index < -0.39 is 11.7 Å². The van der Waals surface area contributed by atoms with E-state index in [1.54, 1.807) is 0 Å². The molecule has 0 unspecified atom stereocenters. The van der Waals surface area contributed by atoms with E-state index in [9.17, 15) is 18.0 Å². The van der Waals surface area contributed by atoms with Crippen LogP contribution in [0.15, 0.2) is 24.3 Å². The summed E-state index contributed by atoms with van der Waals surface area (Å²) in [6.45, 7) is 1.89. The Morgan fingerprint density at radius 2 is 2.06 bits per heavy atom. The lowest BCUT2D eigenvalue weighted by Crippen LogP contribution is -2.08. The molecule has 0 spiro atoms. The van der Waals surface area contributed by atoms with E-state index in [2.05, 4.69) is 0 Å². The lowest BCUT2D eigenvalue weighted by molar-refractivity contribution is -0.137. The van der Waals surface area contributed by atoms with Gasteiger partial charge in [0.05, 0.1) is 11.3 Å². The third kappa shape index (κ3) is 3.56. The predicted octanol–water partition coefficient (Wildman–Crippen LogP) is 3.64. The van der Waals surface area contributed by atoms with E-state index in [0.717, 1.165) is 17.9 Å². The number of ketones is 1. The SMILES string of the molecule is CCSCC(=O)c1cccc(C(F)(F)F)c1.